The first kappa shape index (κ1) is 22.5. The lowest BCUT2D eigenvalue weighted by atomic mass is 10.1. The Morgan fingerprint density at radius 1 is 1.29 bits per heavy atom. The van der Waals surface area contributed by atoms with Gasteiger partial charge in [0.1, 0.15) is 10.8 Å². The summed E-state index contributed by atoms with van der Waals surface area (Å²) in [4.78, 5) is 45.4. The summed E-state index contributed by atoms with van der Waals surface area (Å²) in [6.07, 6.45) is 1.61. The van der Waals surface area contributed by atoms with Crippen LogP contribution in [0.5, 0.6) is 0 Å². The number of benzene rings is 1. The quantitative estimate of drug-likeness (QED) is 0.585. The van der Waals surface area contributed by atoms with E-state index in [4.69, 9.17) is 5.73 Å². The fourth-order valence-electron chi connectivity index (χ4n) is 3.40. The summed E-state index contributed by atoms with van der Waals surface area (Å²) in [7, 11) is 1.48. The molecule has 0 radical (unpaired) electrons. The van der Waals surface area contributed by atoms with Gasteiger partial charge >= 0.3 is 5.69 Å². The van der Waals surface area contributed by atoms with Gasteiger partial charge in [-0.25, -0.2) is 9.78 Å². The maximum Gasteiger partial charge on any atom is 0.330 e. The molecule has 0 fully saturated rings. The predicted octanol–water partition coefficient (Wildman–Crippen LogP) is 2.86. The van der Waals surface area contributed by atoms with Crippen molar-refractivity contribution in [2.45, 2.75) is 46.6 Å². The predicted molar refractivity (Wildman–Crippen MR) is 125 cm³/mol. The molecule has 8 nitrogen and oxygen atoms in total. The molecule has 0 saturated carbocycles. The molecule has 3 aromatic rings. The molecule has 3 N–H and O–H groups in total. The number of amides is 1. The minimum Gasteiger partial charge on any atom is -0.383 e. The van der Waals surface area contributed by atoms with Crippen molar-refractivity contribution < 1.29 is 4.79 Å². The minimum absolute atomic E-state index is 0.00713. The van der Waals surface area contributed by atoms with Gasteiger partial charge in [-0.15, -0.1) is 11.3 Å². The maximum absolute atomic E-state index is 12.9. The van der Waals surface area contributed by atoms with Gasteiger partial charge in [0.15, 0.2) is 5.69 Å². The fraction of sp³-hybridized carbons (Fsp3) is 0.364. The number of aromatic nitrogens is 3. The molecule has 0 saturated heterocycles. The Morgan fingerprint density at radius 2 is 2.03 bits per heavy atom. The summed E-state index contributed by atoms with van der Waals surface area (Å²) < 4.78 is 1.30. The number of nitrogens with two attached hydrogens (primary N) is 1. The second kappa shape index (κ2) is 9.30. The van der Waals surface area contributed by atoms with Gasteiger partial charge in [0.2, 0.25) is 5.91 Å². The number of nitrogens with one attached hydrogen (secondary N) is 1. The van der Waals surface area contributed by atoms with E-state index in [1.807, 2.05) is 38.3 Å². The lowest BCUT2D eigenvalue weighted by Crippen LogP contribution is -2.39. The standard InChI is InChI=1S/C22H27N5O3S/c1-5-6-9-27-19(23)18(20(29)25-22(27)30)26(4)17(28)11-15-12-31-21(24-15)16-8-7-13(2)10-14(16)3/h7-8,10,12H,5-6,9,11,23H2,1-4H3,(H,25,29,30). The molecular formula is C22H27N5O3S. The average Bonchev–Trinajstić information content (AvgIpc) is 3.15. The summed E-state index contributed by atoms with van der Waals surface area (Å²) in [5.74, 6) is -0.345. The highest BCUT2D eigenvalue weighted by Gasteiger charge is 2.22. The average molecular weight is 442 g/mol. The van der Waals surface area contributed by atoms with Gasteiger partial charge < -0.3 is 10.6 Å². The van der Waals surface area contributed by atoms with Gasteiger partial charge in [0.05, 0.1) is 12.1 Å². The number of thiazole rings is 1. The van der Waals surface area contributed by atoms with E-state index in [1.165, 1.54) is 33.4 Å². The van der Waals surface area contributed by atoms with Crippen LogP contribution in [0.3, 0.4) is 0 Å². The number of nitrogen functional groups attached to an aromatic ring is 1. The van der Waals surface area contributed by atoms with Crippen LogP contribution in [0.25, 0.3) is 10.6 Å². The first-order valence-electron chi connectivity index (χ1n) is 10.1. The lowest BCUT2D eigenvalue weighted by molar-refractivity contribution is -0.117. The zero-order chi connectivity index (χ0) is 22.7. The van der Waals surface area contributed by atoms with Crippen LogP contribution >= 0.6 is 11.3 Å². The Kier molecular flexibility index (Phi) is 6.74. The summed E-state index contributed by atoms with van der Waals surface area (Å²) in [6.45, 7) is 6.43. The number of likely N-dealkylation sites (N-methyl/N-ethyl adjacent to an activating group) is 1. The number of nitrogens with zero attached hydrogens (tertiary/aromatic N) is 3. The third-order valence-corrected chi connectivity index (χ3v) is 6.08. The van der Waals surface area contributed by atoms with E-state index in [-0.39, 0.29) is 23.8 Å². The van der Waals surface area contributed by atoms with Gasteiger partial charge in [-0.2, -0.15) is 0 Å². The summed E-state index contributed by atoms with van der Waals surface area (Å²) >= 11 is 1.47. The van der Waals surface area contributed by atoms with Gasteiger partial charge in [0, 0.05) is 24.5 Å². The molecular weight excluding hydrogens is 414 g/mol. The smallest absolute Gasteiger partial charge is 0.330 e. The van der Waals surface area contributed by atoms with E-state index in [9.17, 15) is 14.4 Å². The van der Waals surface area contributed by atoms with Crippen LogP contribution in [-0.4, -0.2) is 27.5 Å². The molecule has 0 spiro atoms. The number of hydrogen-bond donors (Lipinski definition) is 2. The highest BCUT2D eigenvalue weighted by Crippen LogP contribution is 2.28. The van der Waals surface area contributed by atoms with Gasteiger partial charge in [-0.05, 0) is 25.8 Å². The zero-order valence-electron chi connectivity index (χ0n) is 18.2. The van der Waals surface area contributed by atoms with Crippen molar-refractivity contribution in [3.63, 3.8) is 0 Å². The fourth-order valence-corrected chi connectivity index (χ4v) is 4.31. The second-order valence-electron chi connectivity index (χ2n) is 7.59. The molecule has 0 bridgehead atoms. The first-order chi connectivity index (χ1) is 14.7. The third-order valence-electron chi connectivity index (χ3n) is 5.16. The van der Waals surface area contributed by atoms with Crippen LogP contribution in [0.1, 0.15) is 36.6 Å². The second-order valence-corrected chi connectivity index (χ2v) is 8.45. The molecule has 31 heavy (non-hydrogen) atoms. The Morgan fingerprint density at radius 3 is 2.71 bits per heavy atom. The number of carbonyl (C=O) groups is 1. The summed E-state index contributed by atoms with van der Waals surface area (Å²) in [5, 5.41) is 2.68. The molecule has 0 unspecified atom stereocenters. The van der Waals surface area contributed by atoms with Gasteiger partial charge in [0.25, 0.3) is 5.56 Å². The van der Waals surface area contributed by atoms with Crippen LogP contribution in [0, 0.1) is 13.8 Å². The van der Waals surface area contributed by atoms with Crippen molar-refractivity contribution in [1.29, 1.82) is 0 Å². The van der Waals surface area contributed by atoms with Crippen molar-refractivity contribution in [3.8, 4) is 10.6 Å². The number of hydrogen-bond acceptors (Lipinski definition) is 6. The Balaban J connectivity index is 1.84. The largest absolute Gasteiger partial charge is 0.383 e. The van der Waals surface area contributed by atoms with Crippen LogP contribution in [0.2, 0.25) is 0 Å². The number of aryl methyl sites for hydroxylation is 2. The topological polar surface area (TPSA) is 114 Å². The van der Waals surface area contributed by atoms with E-state index >= 15 is 0 Å². The molecule has 164 valence electrons. The van der Waals surface area contributed by atoms with E-state index in [0.717, 1.165) is 29.0 Å². The molecule has 2 aromatic heterocycles. The molecule has 0 aliphatic heterocycles. The monoisotopic (exact) mass is 441 g/mol. The lowest BCUT2D eigenvalue weighted by Gasteiger charge is -2.20. The Labute approximate surface area is 184 Å². The molecule has 0 aliphatic carbocycles. The number of aromatic amines is 1. The van der Waals surface area contributed by atoms with E-state index in [1.54, 1.807) is 0 Å². The number of unbranched alkanes of at least 4 members (excludes halogenated alkanes) is 1. The molecule has 2 heterocycles. The number of anilines is 2. The highest BCUT2D eigenvalue weighted by atomic mass is 32.1. The first-order valence-corrected chi connectivity index (χ1v) is 11.0. The molecule has 1 aromatic carbocycles. The van der Waals surface area contributed by atoms with Crippen LogP contribution in [0.4, 0.5) is 11.5 Å². The van der Waals surface area contributed by atoms with Crippen molar-refractivity contribution in [3.05, 3.63) is 61.2 Å². The highest BCUT2D eigenvalue weighted by molar-refractivity contribution is 7.13. The van der Waals surface area contributed by atoms with Crippen molar-refractivity contribution in [2.24, 2.45) is 0 Å². The summed E-state index contributed by atoms with van der Waals surface area (Å²) in [6, 6.07) is 6.16. The summed E-state index contributed by atoms with van der Waals surface area (Å²) in [5.41, 5.74) is 8.78. The number of rotatable bonds is 7. The van der Waals surface area contributed by atoms with E-state index in [0.29, 0.717) is 12.2 Å². The van der Waals surface area contributed by atoms with Crippen LogP contribution in [-0.2, 0) is 17.8 Å². The SMILES string of the molecule is CCCCn1c(N)c(N(C)C(=O)Cc2csc(-c3ccc(C)cc3C)n2)c(=O)[nH]c1=O. The zero-order valence-corrected chi connectivity index (χ0v) is 19.0. The van der Waals surface area contributed by atoms with Crippen molar-refractivity contribution in [1.82, 2.24) is 14.5 Å². The number of H-pyrrole nitrogens is 1. The van der Waals surface area contributed by atoms with Gasteiger partial charge in [-0.3, -0.25) is 19.1 Å². The third kappa shape index (κ3) is 4.77. The molecule has 0 atom stereocenters. The van der Waals surface area contributed by atoms with Gasteiger partial charge in [-0.1, -0.05) is 37.1 Å². The van der Waals surface area contributed by atoms with E-state index in [2.05, 4.69) is 16.0 Å². The van der Waals surface area contributed by atoms with Crippen molar-refractivity contribution in [2.75, 3.05) is 17.7 Å². The number of carbonyl (C=O) groups excluding carboxylic acids is 1. The van der Waals surface area contributed by atoms with Crippen LogP contribution in [0.15, 0.2) is 33.2 Å². The maximum atomic E-state index is 12.9. The molecule has 3 rings (SSSR count). The molecule has 1 amide bonds. The Bertz CT molecular complexity index is 1220. The van der Waals surface area contributed by atoms with Crippen LogP contribution < -0.4 is 21.9 Å². The molecule has 0 aliphatic rings. The Hall–Kier alpha value is -3.20. The minimum atomic E-state index is -0.680. The van der Waals surface area contributed by atoms with Crippen molar-refractivity contribution >= 4 is 28.7 Å². The molecule has 9 heteroatoms. The van der Waals surface area contributed by atoms with E-state index < -0.39 is 11.2 Å². The normalized spacial score (nSPS) is 11.0.